The van der Waals surface area contributed by atoms with Crippen LogP contribution in [-0.4, -0.2) is 47.2 Å². The lowest BCUT2D eigenvalue weighted by atomic mass is 10.1. The third kappa shape index (κ3) is 4.66. The van der Waals surface area contributed by atoms with E-state index in [0.29, 0.717) is 31.7 Å². The van der Waals surface area contributed by atoms with Crippen molar-refractivity contribution < 1.29 is 18.3 Å². The molecule has 1 heterocycles. The summed E-state index contributed by atoms with van der Waals surface area (Å²) in [5, 5.41) is 0. The van der Waals surface area contributed by atoms with E-state index in [9.17, 15) is 13.6 Å². The van der Waals surface area contributed by atoms with Crippen LogP contribution in [0, 0.1) is 11.6 Å². The summed E-state index contributed by atoms with van der Waals surface area (Å²) in [4.78, 5) is 15.8. The molecule has 0 unspecified atom stereocenters. The number of piperazine rings is 1. The number of benzene rings is 1. The van der Waals surface area contributed by atoms with Crippen molar-refractivity contribution in [3.05, 3.63) is 33.8 Å². The fourth-order valence-electron chi connectivity index (χ4n) is 2.63. The Bertz CT molecular complexity index is 619. The van der Waals surface area contributed by atoms with Crippen LogP contribution in [0.2, 0.25) is 0 Å². The van der Waals surface area contributed by atoms with E-state index in [4.69, 9.17) is 4.74 Å². The van der Waals surface area contributed by atoms with E-state index in [1.807, 2.05) is 32.6 Å². The van der Waals surface area contributed by atoms with Crippen molar-refractivity contribution in [3.8, 4) is 0 Å². The summed E-state index contributed by atoms with van der Waals surface area (Å²) in [6, 6.07) is 3.11. The molecule has 1 aromatic rings. The number of halogens is 3. The predicted octanol–water partition coefficient (Wildman–Crippen LogP) is 4.17. The van der Waals surface area contributed by atoms with Gasteiger partial charge in [-0.3, -0.25) is 4.90 Å². The Balaban J connectivity index is 1.99. The highest BCUT2D eigenvalue weighted by molar-refractivity contribution is 9.10. The summed E-state index contributed by atoms with van der Waals surface area (Å²) in [6.07, 6.45) is -0.338. The normalized spacial score (nSPS) is 19.5. The standard InChI is InChI=1S/C17H23BrF2N2O2/c1-11-9-22(16(23)24-17(2,3)4)8-7-21(11)10-12-5-6-13(18)15(20)14(12)19/h5-6,11H,7-10H2,1-4H3/t11-/m0/s1. The first kappa shape index (κ1) is 19.1. The van der Waals surface area contributed by atoms with Crippen LogP contribution in [0.5, 0.6) is 0 Å². The van der Waals surface area contributed by atoms with Gasteiger partial charge in [-0.15, -0.1) is 0 Å². The minimum atomic E-state index is -0.868. The topological polar surface area (TPSA) is 32.8 Å². The number of hydrogen-bond donors (Lipinski definition) is 0. The summed E-state index contributed by atoms with van der Waals surface area (Å²) >= 11 is 2.98. The van der Waals surface area contributed by atoms with Gasteiger partial charge in [0.05, 0.1) is 4.47 Å². The Morgan fingerprint density at radius 1 is 1.29 bits per heavy atom. The van der Waals surface area contributed by atoms with Gasteiger partial charge in [-0.05, 0) is 49.7 Å². The van der Waals surface area contributed by atoms with Crippen LogP contribution >= 0.6 is 15.9 Å². The average Bonchev–Trinajstić information content (AvgIpc) is 2.47. The summed E-state index contributed by atoms with van der Waals surface area (Å²) in [7, 11) is 0. The van der Waals surface area contributed by atoms with E-state index in [2.05, 4.69) is 15.9 Å². The second-order valence-corrected chi connectivity index (χ2v) is 7.93. The van der Waals surface area contributed by atoms with Gasteiger partial charge >= 0.3 is 6.09 Å². The van der Waals surface area contributed by atoms with Gasteiger partial charge in [-0.25, -0.2) is 13.6 Å². The first-order chi connectivity index (χ1) is 11.1. The molecule has 4 nitrogen and oxygen atoms in total. The molecule has 1 aliphatic rings. The van der Waals surface area contributed by atoms with E-state index in [0.717, 1.165) is 0 Å². The lowest BCUT2D eigenvalue weighted by molar-refractivity contribution is 0.00444. The minimum Gasteiger partial charge on any atom is -0.444 e. The largest absolute Gasteiger partial charge is 0.444 e. The third-order valence-electron chi connectivity index (χ3n) is 3.91. The maximum atomic E-state index is 14.0. The second kappa shape index (κ2) is 7.35. The third-order valence-corrected chi connectivity index (χ3v) is 4.52. The maximum absolute atomic E-state index is 14.0. The van der Waals surface area contributed by atoms with Crippen molar-refractivity contribution in [3.63, 3.8) is 0 Å². The van der Waals surface area contributed by atoms with Crippen LogP contribution < -0.4 is 0 Å². The zero-order valence-electron chi connectivity index (χ0n) is 14.4. The number of carbonyl (C=O) groups is 1. The van der Waals surface area contributed by atoms with Gasteiger partial charge in [0.1, 0.15) is 5.60 Å². The monoisotopic (exact) mass is 404 g/mol. The van der Waals surface area contributed by atoms with E-state index in [1.54, 1.807) is 11.0 Å². The first-order valence-corrected chi connectivity index (χ1v) is 8.72. The molecule has 1 aromatic carbocycles. The quantitative estimate of drug-likeness (QED) is 0.693. The van der Waals surface area contributed by atoms with Crippen molar-refractivity contribution in [2.24, 2.45) is 0 Å². The number of hydrogen-bond acceptors (Lipinski definition) is 3. The van der Waals surface area contributed by atoms with Gasteiger partial charge in [-0.2, -0.15) is 0 Å². The van der Waals surface area contributed by atoms with Crippen LogP contribution in [-0.2, 0) is 11.3 Å². The lowest BCUT2D eigenvalue weighted by Crippen LogP contribution is -2.54. The molecule has 0 aromatic heterocycles. The molecular weight excluding hydrogens is 382 g/mol. The van der Waals surface area contributed by atoms with Crippen molar-refractivity contribution in [1.82, 2.24) is 9.80 Å². The summed E-state index contributed by atoms with van der Waals surface area (Å²) < 4.78 is 33.2. The van der Waals surface area contributed by atoms with Crippen molar-refractivity contribution in [1.29, 1.82) is 0 Å². The Morgan fingerprint density at radius 3 is 2.54 bits per heavy atom. The van der Waals surface area contributed by atoms with E-state index in [1.165, 1.54) is 6.07 Å². The number of rotatable bonds is 2. The van der Waals surface area contributed by atoms with Crippen LogP contribution in [0.4, 0.5) is 13.6 Å². The highest BCUT2D eigenvalue weighted by Crippen LogP contribution is 2.23. The summed E-state index contributed by atoms with van der Waals surface area (Å²) in [5.41, 5.74) is -0.219. The number of nitrogens with zero attached hydrogens (tertiary/aromatic N) is 2. The van der Waals surface area contributed by atoms with Gasteiger partial charge in [0.25, 0.3) is 0 Å². The van der Waals surface area contributed by atoms with Crippen molar-refractivity contribution >= 4 is 22.0 Å². The molecule has 0 radical (unpaired) electrons. The Hall–Kier alpha value is -1.21. The smallest absolute Gasteiger partial charge is 0.410 e. The molecule has 1 fully saturated rings. The van der Waals surface area contributed by atoms with Crippen LogP contribution in [0.3, 0.4) is 0 Å². The minimum absolute atomic E-state index is 0.0253. The van der Waals surface area contributed by atoms with Gasteiger partial charge in [-0.1, -0.05) is 6.07 Å². The van der Waals surface area contributed by atoms with E-state index < -0.39 is 17.2 Å². The molecule has 2 rings (SSSR count). The maximum Gasteiger partial charge on any atom is 0.410 e. The van der Waals surface area contributed by atoms with Gasteiger partial charge in [0, 0.05) is 37.8 Å². The number of amides is 1. The first-order valence-electron chi connectivity index (χ1n) is 7.93. The van der Waals surface area contributed by atoms with Gasteiger partial charge in [0.2, 0.25) is 0 Å². The molecule has 134 valence electrons. The predicted molar refractivity (Wildman–Crippen MR) is 91.7 cm³/mol. The molecule has 24 heavy (non-hydrogen) atoms. The molecule has 1 aliphatic heterocycles. The van der Waals surface area contributed by atoms with Crippen LogP contribution in [0.25, 0.3) is 0 Å². The number of ether oxygens (including phenoxy) is 1. The zero-order valence-corrected chi connectivity index (χ0v) is 16.0. The average molecular weight is 405 g/mol. The summed E-state index contributed by atoms with van der Waals surface area (Å²) in [5.74, 6) is -1.70. The molecule has 1 atom stereocenters. The van der Waals surface area contributed by atoms with Crippen LogP contribution in [0.15, 0.2) is 16.6 Å². The summed E-state index contributed by atoms with van der Waals surface area (Å²) in [6.45, 7) is 9.33. The highest BCUT2D eigenvalue weighted by Gasteiger charge is 2.30. The zero-order chi connectivity index (χ0) is 18.1. The Morgan fingerprint density at radius 2 is 1.96 bits per heavy atom. The molecule has 7 heteroatoms. The molecule has 0 saturated carbocycles. The second-order valence-electron chi connectivity index (χ2n) is 7.08. The molecule has 0 spiro atoms. The van der Waals surface area contributed by atoms with Crippen molar-refractivity contribution in [2.75, 3.05) is 19.6 Å². The van der Waals surface area contributed by atoms with E-state index in [-0.39, 0.29) is 16.6 Å². The SMILES string of the molecule is C[C@H]1CN(C(=O)OC(C)(C)C)CCN1Cc1ccc(Br)c(F)c1F. The molecule has 0 aliphatic carbocycles. The molecule has 1 saturated heterocycles. The number of carbonyl (C=O) groups excluding carboxylic acids is 1. The van der Waals surface area contributed by atoms with Gasteiger partial charge < -0.3 is 9.64 Å². The molecular formula is C17H23BrF2N2O2. The van der Waals surface area contributed by atoms with Crippen LogP contribution in [0.1, 0.15) is 33.3 Å². The Labute approximate surface area is 149 Å². The Kier molecular flexibility index (Phi) is 5.86. The highest BCUT2D eigenvalue weighted by atomic mass is 79.9. The lowest BCUT2D eigenvalue weighted by Gasteiger charge is -2.40. The fourth-order valence-corrected chi connectivity index (χ4v) is 2.94. The van der Waals surface area contributed by atoms with Crippen molar-refractivity contribution in [2.45, 2.75) is 45.9 Å². The fraction of sp³-hybridized carbons (Fsp3) is 0.588. The molecule has 0 bridgehead atoms. The molecule has 0 N–H and O–H groups in total. The van der Waals surface area contributed by atoms with Gasteiger partial charge in [0.15, 0.2) is 11.6 Å². The van der Waals surface area contributed by atoms with E-state index >= 15 is 0 Å². The molecule has 1 amide bonds.